The van der Waals surface area contributed by atoms with Gasteiger partial charge in [0.15, 0.2) is 0 Å². The smallest absolute Gasteiger partial charge is 0.115 e. The van der Waals surface area contributed by atoms with Gasteiger partial charge in [-0.05, 0) is 166 Å². The Kier molecular flexibility index (Phi) is 11.1. The van der Waals surface area contributed by atoms with E-state index < -0.39 is 0 Å². The predicted octanol–water partition coefficient (Wildman–Crippen LogP) is 16.2. The Morgan fingerprint density at radius 1 is 0.500 bits per heavy atom. The predicted molar refractivity (Wildman–Crippen MR) is 278 cm³/mol. The van der Waals surface area contributed by atoms with E-state index in [4.69, 9.17) is 0 Å². The maximum Gasteiger partial charge on any atom is 0.115 e. The third-order valence-electron chi connectivity index (χ3n) is 12.5. The highest BCUT2D eigenvalue weighted by Gasteiger charge is 2.20. The zero-order chi connectivity index (χ0) is 45.3. The van der Waals surface area contributed by atoms with Gasteiger partial charge in [-0.15, -0.1) is 0 Å². The molecular formula is C60H50N4O2. The van der Waals surface area contributed by atoms with Crippen LogP contribution in [-0.4, -0.2) is 19.3 Å². The van der Waals surface area contributed by atoms with Gasteiger partial charge in [0.25, 0.3) is 0 Å². The summed E-state index contributed by atoms with van der Waals surface area (Å²) < 4.78 is 4.65. The number of phenolic OH excluding ortho intramolecular Hbond substituents is 2. The molecule has 0 saturated carbocycles. The van der Waals surface area contributed by atoms with Crippen LogP contribution < -0.4 is 9.80 Å². The van der Waals surface area contributed by atoms with Crippen molar-refractivity contribution in [3.8, 4) is 28.3 Å². The molecule has 0 atom stereocenters. The van der Waals surface area contributed by atoms with Crippen LogP contribution in [0.5, 0.6) is 11.5 Å². The van der Waals surface area contributed by atoms with E-state index in [9.17, 15) is 10.2 Å². The number of nitrogens with zero attached hydrogens (tertiary/aromatic N) is 4. The number of hydrogen-bond donors (Lipinski definition) is 2. The Morgan fingerprint density at radius 3 is 1.62 bits per heavy atom. The quantitative estimate of drug-likeness (QED) is 0.127. The van der Waals surface area contributed by atoms with Gasteiger partial charge in [-0.1, -0.05) is 91.0 Å². The van der Waals surface area contributed by atoms with Gasteiger partial charge in [-0.25, -0.2) is 0 Å². The Hall–Kier alpha value is -8.48. The fraction of sp³-hybridized carbons (Fsp3) is 0.0667. The number of anilines is 5. The van der Waals surface area contributed by atoms with E-state index in [0.29, 0.717) is 0 Å². The maximum atomic E-state index is 10.3. The highest BCUT2D eigenvalue weighted by Crippen LogP contribution is 2.41. The molecule has 0 aliphatic heterocycles. The number of rotatable bonds is 11. The first-order chi connectivity index (χ1) is 32.3. The molecule has 2 N–H and O–H groups in total. The number of benzene rings is 8. The van der Waals surface area contributed by atoms with Crippen molar-refractivity contribution in [1.82, 2.24) is 9.13 Å². The molecule has 0 unspecified atom stereocenters. The average Bonchev–Trinajstić information content (AvgIpc) is 3.83. The number of aromatic nitrogens is 2. The van der Waals surface area contributed by atoms with Crippen LogP contribution in [0.1, 0.15) is 32.0 Å². The molecule has 8 aromatic carbocycles. The van der Waals surface area contributed by atoms with E-state index in [2.05, 4.69) is 197 Å². The molecule has 0 aliphatic carbocycles. The van der Waals surface area contributed by atoms with Crippen molar-refractivity contribution >= 4 is 72.9 Å². The summed E-state index contributed by atoms with van der Waals surface area (Å²) in [4.78, 5) is 4.48. The molecule has 10 aromatic rings. The third-order valence-corrected chi connectivity index (χ3v) is 12.5. The fourth-order valence-electron chi connectivity index (χ4n) is 9.36. The third kappa shape index (κ3) is 7.69. The van der Waals surface area contributed by atoms with Crippen LogP contribution in [0, 0.1) is 6.92 Å². The van der Waals surface area contributed by atoms with Gasteiger partial charge in [0.2, 0.25) is 0 Å². The summed E-state index contributed by atoms with van der Waals surface area (Å²) in [7, 11) is 0. The van der Waals surface area contributed by atoms with Crippen LogP contribution in [0.15, 0.2) is 218 Å². The van der Waals surface area contributed by atoms with Crippen LogP contribution in [0.25, 0.3) is 61.3 Å². The molecule has 322 valence electrons. The van der Waals surface area contributed by atoms with Crippen molar-refractivity contribution in [3.63, 3.8) is 0 Å². The van der Waals surface area contributed by atoms with E-state index in [1.807, 2.05) is 43.3 Å². The Morgan fingerprint density at radius 2 is 1.00 bits per heavy atom. The van der Waals surface area contributed by atoms with E-state index in [0.717, 1.165) is 89.8 Å². The molecule has 0 amide bonds. The number of para-hydroxylation sites is 3. The number of hydrogen-bond acceptors (Lipinski definition) is 4. The van der Waals surface area contributed by atoms with E-state index in [1.165, 1.54) is 10.8 Å². The van der Waals surface area contributed by atoms with Crippen LogP contribution >= 0.6 is 0 Å². The minimum absolute atomic E-state index is 0.222. The number of allylic oxidation sites excluding steroid dienone is 5. The second-order valence-electron chi connectivity index (χ2n) is 16.7. The molecule has 6 nitrogen and oxygen atoms in total. The standard InChI is InChI=1S/C60H50N4O2/c1-5-6-14-41(2)62-58-19-12-11-18-55(58)57-40-51(33-38-60(57)62)64(50-31-36-53(66)37-32-50)49-27-23-45(24-28-49)44-21-25-47(26-22-44)61(48-29-34-52(65)35-30-48)42(3)39-56-43(4)63(46-15-8-7-9-16-46)59-20-13-10-17-54(56)59/h5-40,65-66H,1-4H3/b6-5-,41-14+,42-39+. The van der Waals surface area contributed by atoms with Crippen LogP contribution in [0.3, 0.4) is 0 Å². The number of fused-ring (bicyclic) bond motifs is 4. The largest absolute Gasteiger partial charge is 0.508 e. The molecule has 2 heterocycles. The summed E-state index contributed by atoms with van der Waals surface area (Å²) in [6.07, 6.45) is 8.55. The normalized spacial score (nSPS) is 12.2. The summed E-state index contributed by atoms with van der Waals surface area (Å²) >= 11 is 0. The molecule has 2 aromatic heterocycles. The fourth-order valence-corrected chi connectivity index (χ4v) is 9.36. The monoisotopic (exact) mass is 858 g/mol. The number of phenols is 2. The summed E-state index contributed by atoms with van der Waals surface area (Å²) in [5, 5.41) is 24.1. The molecule has 0 radical (unpaired) electrons. The Labute approximate surface area is 385 Å². The number of aromatic hydroxyl groups is 2. The molecule has 0 saturated heterocycles. The molecule has 0 fully saturated rings. The van der Waals surface area contributed by atoms with Crippen molar-refractivity contribution < 1.29 is 10.2 Å². The van der Waals surface area contributed by atoms with Gasteiger partial charge in [0.1, 0.15) is 11.5 Å². The van der Waals surface area contributed by atoms with Gasteiger partial charge < -0.3 is 29.1 Å². The van der Waals surface area contributed by atoms with Gasteiger partial charge in [-0.3, -0.25) is 0 Å². The van der Waals surface area contributed by atoms with Crippen molar-refractivity contribution in [2.75, 3.05) is 9.80 Å². The van der Waals surface area contributed by atoms with Crippen LogP contribution in [0.2, 0.25) is 0 Å². The molecule has 6 heteroatoms. The first-order valence-electron chi connectivity index (χ1n) is 22.3. The molecule has 10 rings (SSSR count). The highest BCUT2D eigenvalue weighted by molar-refractivity contribution is 6.11. The lowest BCUT2D eigenvalue weighted by Crippen LogP contribution is -2.14. The lowest BCUT2D eigenvalue weighted by molar-refractivity contribution is 0.475. The van der Waals surface area contributed by atoms with Crippen molar-refractivity contribution in [3.05, 3.63) is 229 Å². The summed E-state index contributed by atoms with van der Waals surface area (Å²) in [5.41, 5.74) is 16.2. The molecule has 0 spiro atoms. The molecule has 0 bridgehead atoms. The maximum absolute atomic E-state index is 10.3. The van der Waals surface area contributed by atoms with Crippen molar-refractivity contribution in [2.45, 2.75) is 27.7 Å². The first kappa shape index (κ1) is 41.5. The van der Waals surface area contributed by atoms with Crippen LogP contribution in [-0.2, 0) is 0 Å². The SMILES string of the molecule is C/C=C\C=C(/C)n1c2ccccc2c2cc(N(c3ccc(O)cc3)c3ccc(-c4ccc(N(/C(C)=C/c5c(C)n(-c6ccccc6)c6ccccc56)c5ccc(O)cc5)cc4)cc3)ccc21. The van der Waals surface area contributed by atoms with E-state index in [-0.39, 0.29) is 11.5 Å². The van der Waals surface area contributed by atoms with Crippen molar-refractivity contribution in [1.29, 1.82) is 0 Å². The second-order valence-corrected chi connectivity index (χ2v) is 16.7. The lowest BCUT2D eigenvalue weighted by atomic mass is 10.0. The van der Waals surface area contributed by atoms with Gasteiger partial charge in [-0.2, -0.15) is 0 Å². The first-order valence-corrected chi connectivity index (χ1v) is 22.3. The second kappa shape index (κ2) is 17.6. The highest BCUT2D eigenvalue weighted by atomic mass is 16.3. The Bertz CT molecular complexity index is 3450. The van der Waals surface area contributed by atoms with Gasteiger partial charge in [0.05, 0.1) is 16.6 Å². The zero-order valence-electron chi connectivity index (χ0n) is 37.5. The minimum atomic E-state index is 0.222. The zero-order valence-corrected chi connectivity index (χ0v) is 37.5. The van der Waals surface area contributed by atoms with Gasteiger partial charge >= 0.3 is 0 Å². The van der Waals surface area contributed by atoms with E-state index in [1.54, 1.807) is 24.3 Å². The van der Waals surface area contributed by atoms with Crippen LogP contribution in [0.4, 0.5) is 28.4 Å². The molecule has 66 heavy (non-hydrogen) atoms. The minimum Gasteiger partial charge on any atom is -0.508 e. The Balaban J connectivity index is 1.01. The molecular weight excluding hydrogens is 809 g/mol. The summed E-state index contributed by atoms with van der Waals surface area (Å²) in [6.45, 7) is 8.51. The lowest BCUT2D eigenvalue weighted by Gasteiger charge is -2.27. The van der Waals surface area contributed by atoms with Gasteiger partial charge in [0, 0.05) is 72.9 Å². The topological polar surface area (TPSA) is 56.8 Å². The summed E-state index contributed by atoms with van der Waals surface area (Å²) in [5.74, 6) is 0.445. The summed E-state index contributed by atoms with van der Waals surface area (Å²) in [6, 6.07) is 66.4. The molecule has 0 aliphatic rings. The van der Waals surface area contributed by atoms with E-state index >= 15 is 0 Å². The van der Waals surface area contributed by atoms with Crippen molar-refractivity contribution in [2.24, 2.45) is 0 Å². The average molecular weight is 859 g/mol.